The number of carbonyl (C=O) groups excluding carboxylic acids is 1. The van der Waals surface area contributed by atoms with E-state index in [9.17, 15) is 9.59 Å². The average Bonchev–Trinajstić information content (AvgIpc) is 2.19. The quantitative estimate of drug-likeness (QED) is 0.634. The number of nitrogens with zero attached hydrogens (tertiary/aromatic N) is 1. The van der Waals surface area contributed by atoms with Crippen molar-refractivity contribution in [1.29, 1.82) is 0 Å². The van der Waals surface area contributed by atoms with Gasteiger partial charge in [0.05, 0.1) is 6.42 Å². The molecule has 118 valence electrons. The Morgan fingerprint density at radius 3 is 2.05 bits per heavy atom. The van der Waals surface area contributed by atoms with Crippen LogP contribution in [-0.4, -0.2) is 52.7 Å². The molecule has 0 heterocycles. The summed E-state index contributed by atoms with van der Waals surface area (Å²) in [6.45, 7) is 13.2. The van der Waals surface area contributed by atoms with E-state index in [0.717, 1.165) is 6.54 Å². The van der Waals surface area contributed by atoms with Crippen LogP contribution in [0.25, 0.3) is 0 Å². The minimum Gasteiger partial charge on any atom is -0.481 e. The molecule has 0 aliphatic heterocycles. The molecule has 0 bridgehead atoms. The van der Waals surface area contributed by atoms with Gasteiger partial charge in [-0.05, 0) is 41.5 Å². The molecule has 20 heavy (non-hydrogen) atoms. The van der Waals surface area contributed by atoms with Crippen LogP contribution < -0.4 is 10.6 Å². The van der Waals surface area contributed by atoms with E-state index in [2.05, 4.69) is 43.2 Å². The minimum atomic E-state index is -0.930. The second kappa shape index (κ2) is 8.09. The van der Waals surface area contributed by atoms with Gasteiger partial charge >= 0.3 is 12.0 Å². The lowest BCUT2D eigenvalue weighted by Crippen LogP contribution is -2.51. The first-order valence-corrected chi connectivity index (χ1v) is 7.08. The number of aliphatic carboxylic acids is 1. The maximum absolute atomic E-state index is 11.7. The topological polar surface area (TPSA) is 81.7 Å². The largest absolute Gasteiger partial charge is 0.481 e. The van der Waals surface area contributed by atoms with Gasteiger partial charge in [0.1, 0.15) is 0 Å². The van der Waals surface area contributed by atoms with Crippen molar-refractivity contribution in [3.8, 4) is 0 Å². The van der Waals surface area contributed by atoms with Crippen molar-refractivity contribution in [1.82, 2.24) is 15.5 Å². The van der Waals surface area contributed by atoms with Gasteiger partial charge in [0.25, 0.3) is 0 Å². The fraction of sp³-hybridized carbons (Fsp3) is 0.857. The molecule has 0 aromatic rings. The molecule has 0 rings (SSSR count). The predicted molar refractivity (Wildman–Crippen MR) is 79.8 cm³/mol. The summed E-state index contributed by atoms with van der Waals surface area (Å²) in [4.78, 5) is 24.7. The van der Waals surface area contributed by atoms with Gasteiger partial charge in [0.2, 0.25) is 0 Å². The van der Waals surface area contributed by atoms with Crippen LogP contribution in [0.15, 0.2) is 0 Å². The summed E-state index contributed by atoms with van der Waals surface area (Å²) in [6, 6.07) is 0.510. The van der Waals surface area contributed by atoms with Gasteiger partial charge in [0, 0.05) is 30.7 Å². The number of carboxylic acids is 1. The number of urea groups is 1. The van der Waals surface area contributed by atoms with Gasteiger partial charge in [-0.1, -0.05) is 0 Å². The molecule has 0 spiro atoms. The Bertz CT molecular complexity index is 320. The second-order valence-electron chi connectivity index (χ2n) is 6.26. The van der Waals surface area contributed by atoms with Crippen molar-refractivity contribution >= 4 is 12.0 Å². The van der Waals surface area contributed by atoms with Crippen molar-refractivity contribution in [2.75, 3.05) is 13.1 Å². The molecule has 0 aliphatic carbocycles. The van der Waals surface area contributed by atoms with Crippen molar-refractivity contribution in [2.45, 2.75) is 65.6 Å². The third kappa shape index (κ3) is 7.99. The van der Waals surface area contributed by atoms with E-state index in [1.54, 1.807) is 13.8 Å². The van der Waals surface area contributed by atoms with Crippen molar-refractivity contribution in [3.63, 3.8) is 0 Å². The normalized spacial score (nSPS) is 12.1. The summed E-state index contributed by atoms with van der Waals surface area (Å²) in [6.07, 6.45) is -0.107. The lowest BCUT2D eigenvalue weighted by Gasteiger charge is -2.31. The fourth-order valence-electron chi connectivity index (χ4n) is 2.19. The van der Waals surface area contributed by atoms with E-state index >= 15 is 0 Å². The highest BCUT2D eigenvalue weighted by atomic mass is 16.4. The van der Waals surface area contributed by atoms with Crippen LogP contribution in [0, 0.1) is 0 Å². The molecule has 0 fully saturated rings. The van der Waals surface area contributed by atoms with Crippen LogP contribution in [-0.2, 0) is 4.79 Å². The van der Waals surface area contributed by atoms with Crippen molar-refractivity contribution < 1.29 is 14.7 Å². The standard InChI is InChI=1S/C14H29N3O3/c1-10(2)17(11(3)4)8-7-15-13(20)16-14(5,6)9-12(18)19/h10-11H,7-9H2,1-6H3,(H,18,19)(H2,15,16,20). The van der Waals surface area contributed by atoms with E-state index in [-0.39, 0.29) is 12.5 Å². The first kappa shape index (κ1) is 18.7. The smallest absolute Gasteiger partial charge is 0.315 e. The molecule has 0 aliphatic rings. The highest BCUT2D eigenvalue weighted by Gasteiger charge is 2.23. The van der Waals surface area contributed by atoms with E-state index in [1.807, 2.05) is 0 Å². The number of amides is 2. The Morgan fingerprint density at radius 2 is 1.65 bits per heavy atom. The molecule has 0 radical (unpaired) electrons. The van der Waals surface area contributed by atoms with E-state index in [0.29, 0.717) is 18.6 Å². The minimum absolute atomic E-state index is 0.107. The molecule has 0 unspecified atom stereocenters. The Morgan fingerprint density at radius 1 is 1.15 bits per heavy atom. The Balaban J connectivity index is 4.14. The maximum Gasteiger partial charge on any atom is 0.315 e. The Kier molecular flexibility index (Phi) is 7.57. The highest BCUT2D eigenvalue weighted by molar-refractivity contribution is 5.76. The molecular weight excluding hydrogens is 258 g/mol. The van der Waals surface area contributed by atoms with Crippen LogP contribution in [0.5, 0.6) is 0 Å². The van der Waals surface area contributed by atoms with Gasteiger partial charge in [0.15, 0.2) is 0 Å². The molecule has 6 heteroatoms. The summed E-state index contributed by atoms with van der Waals surface area (Å²) < 4.78 is 0. The molecule has 6 nitrogen and oxygen atoms in total. The van der Waals surface area contributed by atoms with Crippen LogP contribution in [0.2, 0.25) is 0 Å². The number of hydrogen-bond acceptors (Lipinski definition) is 3. The third-order valence-corrected chi connectivity index (χ3v) is 3.03. The first-order valence-electron chi connectivity index (χ1n) is 7.08. The maximum atomic E-state index is 11.7. The van der Waals surface area contributed by atoms with Gasteiger partial charge in [-0.25, -0.2) is 4.79 Å². The Hall–Kier alpha value is -1.30. The lowest BCUT2D eigenvalue weighted by molar-refractivity contribution is -0.138. The average molecular weight is 287 g/mol. The zero-order chi connectivity index (χ0) is 15.9. The molecule has 0 aromatic heterocycles. The van der Waals surface area contributed by atoms with Gasteiger partial charge < -0.3 is 15.7 Å². The van der Waals surface area contributed by atoms with Crippen LogP contribution in [0.4, 0.5) is 4.79 Å². The molecule has 0 saturated heterocycles. The summed E-state index contributed by atoms with van der Waals surface area (Å²) in [5.74, 6) is -0.930. The lowest BCUT2D eigenvalue weighted by atomic mass is 10.0. The molecule has 3 N–H and O–H groups in total. The third-order valence-electron chi connectivity index (χ3n) is 3.03. The number of rotatable bonds is 8. The van der Waals surface area contributed by atoms with E-state index < -0.39 is 11.5 Å². The van der Waals surface area contributed by atoms with Crippen LogP contribution in [0.3, 0.4) is 0 Å². The summed E-state index contributed by atoms with van der Waals surface area (Å²) in [5, 5.41) is 14.2. The van der Waals surface area contributed by atoms with Crippen molar-refractivity contribution in [2.24, 2.45) is 0 Å². The summed E-state index contributed by atoms with van der Waals surface area (Å²) in [7, 11) is 0. The number of carbonyl (C=O) groups is 2. The van der Waals surface area contributed by atoms with Crippen LogP contribution in [0.1, 0.15) is 48.0 Å². The van der Waals surface area contributed by atoms with Gasteiger partial charge in [-0.2, -0.15) is 0 Å². The summed E-state index contributed by atoms with van der Waals surface area (Å²) in [5.41, 5.74) is -0.758. The van der Waals surface area contributed by atoms with Gasteiger partial charge in [-0.3, -0.25) is 9.69 Å². The number of carboxylic acid groups (broad SMARTS) is 1. The number of hydrogen-bond donors (Lipinski definition) is 3. The van der Waals surface area contributed by atoms with E-state index in [4.69, 9.17) is 5.11 Å². The van der Waals surface area contributed by atoms with Crippen LogP contribution >= 0.6 is 0 Å². The molecule has 0 atom stereocenters. The zero-order valence-corrected chi connectivity index (χ0v) is 13.5. The zero-order valence-electron chi connectivity index (χ0n) is 13.5. The SMILES string of the molecule is CC(C)N(CCNC(=O)NC(C)(C)CC(=O)O)C(C)C. The predicted octanol–water partition coefficient (Wildman–Crippen LogP) is 1.66. The monoisotopic (exact) mass is 287 g/mol. The molecule has 0 saturated carbocycles. The summed E-state index contributed by atoms with van der Waals surface area (Å²) >= 11 is 0. The Labute approximate surface area is 121 Å². The first-order chi connectivity index (χ1) is 9.05. The van der Waals surface area contributed by atoms with Gasteiger partial charge in [-0.15, -0.1) is 0 Å². The number of nitrogens with one attached hydrogen (secondary N) is 2. The molecular formula is C14H29N3O3. The van der Waals surface area contributed by atoms with Crippen molar-refractivity contribution in [3.05, 3.63) is 0 Å². The molecule has 0 aromatic carbocycles. The fourth-order valence-corrected chi connectivity index (χ4v) is 2.19. The van der Waals surface area contributed by atoms with E-state index in [1.165, 1.54) is 0 Å². The highest BCUT2D eigenvalue weighted by Crippen LogP contribution is 2.07. The molecule has 2 amide bonds. The second-order valence-corrected chi connectivity index (χ2v) is 6.26.